The molecule has 1 atom stereocenters. The lowest BCUT2D eigenvalue weighted by atomic mass is 9.97. The molecule has 0 aromatic heterocycles. The van der Waals surface area contributed by atoms with Gasteiger partial charge >= 0.3 is 5.97 Å². The van der Waals surface area contributed by atoms with Crippen molar-refractivity contribution in [2.75, 3.05) is 0 Å². The summed E-state index contributed by atoms with van der Waals surface area (Å²) in [6.07, 6.45) is -2.68. The van der Waals surface area contributed by atoms with Gasteiger partial charge in [-0.05, 0) is 11.8 Å². The molecule has 0 aromatic carbocycles. The van der Waals surface area contributed by atoms with Crippen LogP contribution in [0.1, 0.15) is 20.3 Å². The second-order valence-electron chi connectivity index (χ2n) is 3.64. The molecule has 4 heteroatoms. The molecule has 0 saturated heterocycles. The highest BCUT2D eigenvalue weighted by Crippen LogP contribution is 2.66. The van der Waals surface area contributed by atoms with Crippen LogP contribution < -0.4 is 0 Å². The lowest BCUT2D eigenvalue weighted by molar-refractivity contribution is -0.152. The van der Waals surface area contributed by atoms with E-state index in [1.165, 1.54) is 0 Å². The van der Waals surface area contributed by atoms with Gasteiger partial charge in [0, 0.05) is 0 Å². The van der Waals surface area contributed by atoms with Gasteiger partial charge in [-0.2, -0.15) is 0 Å². The van der Waals surface area contributed by atoms with Crippen LogP contribution >= 0.6 is 0 Å². The molecular weight excluding hydrogens is 154 g/mol. The normalized spacial score (nSPS) is 33.9. The summed E-state index contributed by atoms with van der Waals surface area (Å²) >= 11 is 0. The van der Waals surface area contributed by atoms with Crippen molar-refractivity contribution in [1.29, 1.82) is 0 Å². The summed E-state index contributed by atoms with van der Waals surface area (Å²) in [5.74, 6) is -1.38. The summed E-state index contributed by atoms with van der Waals surface area (Å²) in [5.41, 5.74) is -2.51. The highest BCUT2D eigenvalue weighted by molar-refractivity contribution is 5.80. The largest absolute Gasteiger partial charge is 0.481 e. The predicted octanol–water partition coefficient (Wildman–Crippen LogP) is 1.75. The first-order valence-corrected chi connectivity index (χ1v) is 3.36. The number of carboxylic acids is 1. The summed E-state index contributed by atoms with van der Waals surface area (Å²) in [5, 5.41) is 8.53. The lowest BCUT2D eigenvalue weighted by Crippen LogP contribution is -2.28. The topological polar surface area (TPSA) is 37.3 Å². The molecule has 0 bridgehead atoms. The highest BCUT2D eigenvalue weighted by atomic mass is 19.3. The lowest BCUT2D eigenvalue weighted by Gasteiger charge is -2.13. The van der Waals surface area contributed by atoms with E-state index in [4.69, 9.17) is 5.11 Å². The molecule has 2 nitrogen and oxygen atoms in total. The Bertz CT molecular complexity index is 201. The smallest absolute Gasteiger partial charge is 0.316 e. The minimum atomic E-state index is -2.75. The summed E-state index contributed by atoms with van der Waals surface area (Å²) in [6, 6.07) is 0. The van der Waals surface area contributed by atoms with Gasteiger partial charge in [0.15, 0.2) is 0 Å². The van der Waals surface area contributed by atoms with E-state index in [1.807, 2.05) is 0 Å². The Kier molecular flexibility index (Phi) is 1.48. The third kappa shape index (κ3) is 0.847. The zero-order chi connectivity index (χ0) is 8.86. The minimum absolute atomic E-state index is 0.0764. The van der Waals surface area contributed by atoms with Crippen molar-refractivity contribution in [3.05, 3.63) is 0 Å². The number of rotatable bonds is 2. The molecule has 1 unspecified atom stereocenters. The van der Waals surface area contributed by atoms with Gasteiger partial charge in [0.2, 0.25) is 0 Å². The molecule has 0 aliphatic heterocycles. The van der Waals surface area contributed by atoms with Crippen LogP contribution in [0.5, 0.6) is 0 Å². The number of carboxylic acid groups (broad SMARTS) is 1. The molecular formula is C7H10F2O2. The van der Waals surface area contributed by atoms with E-state index in [0.717, 1.165) is 0 Å². The maximum absolute atomic E-state index is 12.2. The molecule has 1 aliphatic rings. The Hall–Kier alpha value is -0.670. The van der Waals surface area contributed by atoms with Crippen LogP contribution in [-0.2, 0) is 4.79 Å². The molecule has 0 amide bonds. The number of carbonyl (C=O) groups is 1. The molecule has 1 N–H and O–H groups in total. The highest BCUT2D eigenvalue weighted by Gasteiger charge is 2.72. The van der Waals surface area contributed by atoms with Gasteiger partial charge in [-0.3, -0.25) is 4.79 Å². The Morgan fingerprint density at radius 3 is 1.91 bits per heavy atom. The number of aliphatic carboxylic acids is 1. The minimum Gasteiger partial charge on any atom is -0.481 e. The monoisotopic (exact) mass is 164 g/mol. The first-order chi connectivity index (χ1) is 4.84. The molecule has 1 rings (SSSR count). The second kappa shape index (κ2) is 1.93. The number of alkyl halides is 2. The number of hydrogen-bond acceptors (Lipinski definition) is 1. The Morgan fingerprint density at radius 2 is 1.91 bits per heavy atom. The van der Waals surface area contributed by atoms with Gasteiger partial charge in [0.05, 0.1) is 0 Å². The van der Waals surface area contributed by atoms with E-state index in [-0.39, 0.29) is 6.42 Å². The van der Waals surface area contributed by atoms with Gasteiger partial charge in [0.1, 0.15) is 5.41 Å². The van der Waals surface area contributed by atoms with E-state index < -0.39 is 23.2 Å². The quantitative estimate of drug-likeness (QED) is 0.675. The SMILES string of the molecule is CC1(C)CC1(C(=O)O)C(F)F. The van der Waals surface area contributed by atoms with E-state index >= 15 is 0 Å². The van der Waals surface area contributed by atoms with Crippen molar-refractivity contribution in [2.45, 2.75) is 26.7 Å². The molecule has 1 saturated carbocycles. The van der Waals surface area contributed by atoms with E-state index in [9.17, 15) is 13.6 Å². The van der Waals surface area contributed by atoms with Crippen LogP contribution in [0.25, 0.3) is 0 Å². The zero-order valence-corrected chi connectivity index (χ0v) is 6.40. The van der Waals surface area contributed by atoms with Crippen molar-refractivity contribution in [1.82, 2.24) is 0 Å². The molecule has 1 fully saturated rings. The summed E-state index contributed by atoms with van der Waals surface area (Å²) in [6.45, 7) is 3.10. The average Bonchev–Trinajstić information content (AvgIpc) is 2.35. The molecule has 1 aliphatic carbocycles. The van der Waals surface area contributed by atoms with Gasteiger partial charge in [-0.1, -0.05) is 13.8 Å². The van der Waals surface area contributed by atoms with Crippen molar-refractivity contribution < 1.29 is 18.7 Å². The first-order valence-electron chi connectivity index (χ1n) is 3.36. The molecule has 0 aromatic rings. The van der Waals surface area contributed by atoms with Crippen LogP contribution in [0.2, 0.25) is 0 Å². The van der Waals surface area contributed by atoms with Crippen LogP contribution in [0.3, 0.4) is 0 Å². The van der Waals surface area contributed by atoms with Gasteiger partial charge in [-0.25, -0.2) is 8.78 Å². The van der Waals surface area contributed by atoms with Crippen LogP contribution in [-0.4, -0.2) is 17.5 Å². The van der Waals surface area contributed by atoms with E-state index in [2.05, 4.69) is 0 Å². The van der Waals surface area contributed by atoms with Crippen molar-refractivity contribution in [3.63, 3.8) is 0 Å². The molecule has 0 radical (unpaired) electrons. The first kappa shape index (κ1) is 8.43. The van der Waals surface area contributed by atoms with Crippen LogP contribution in [0, 0.1) is 10.8 Å². The maximum atomic E-state index is 12.2. The van der Waals surface area contributed by atoms with E-state index in [1.54, 1.807) is 13.8 Å². The molecule has 0 heterocycles. The summed E-state index contributed by atoms with van der Waals surface area (Å²) < 4.78 is 24.5. The van der Waals surface area contributed by atoms with Gasteiger partial charge < -0.3 is 5.11 Å². The van der Waals surface area contributed by atoms with Crippen LogP contribution in [0.4, 0.5) is 8.78 Å². The number of halogens is 2. The van der Waals surface area contributed by atoms with Crippen molar-refractivity contribution in [2.24, 2.45) is 10.8 Å². The van der Waals surface area contributed by atoms with Crippen LogP contribution in [0.15, 0.2) is 0 Å². The fourth-order valence-electron chi connectivity index (χ4n) is 1.48. The molecule has 0 spiro atoms. The number of hydrogen-bond donors (Lipinski definition) is 1. The summed E-state index contributed by atoms with van der Waals surface area (Å²) in [7, 11) is 0. The standard InChI is InChI=1S/C7H10F2O2/c1-6(2)3-7(6,4(8)9)5(10)11/h4H,3H2,1-2H3,(H,10,11). The van der Waals surface area contributed by atoms with Crippen molar-refractivity contribution >= 4 is 5.97 Å². The van der Waals surface area contributed by atoms with Crippen molar-refractivity contribution in [3.8, 4) is 0 Å². The Morgan fingerprint density at radius 1 is 1.55 bits per heavy atom. The molecule has 11 heavy (non-hydrogen) atoms. The Labute approximate surface area is 63.2 Å². The fourth-order valence-corrected chi connectivity index (χ4v) is 1.48. The second-order valence-corrected chi connectivity index (χ2v) is 3.64. The predicted molar refractivity (Wildman–Crippen MR) is 34.5 cm³/mol. The summed E-state index contributed by atoms with van der Waals surface area (Å²) in [4.78, 5) is 10.5. The maximum Gasteiger partial charge on any atom is 0.316 e. The van der Waals surface area contributed by atoms with Gasteiger partial charge in [0.25, 0.3) is 6.43 Å². The van der Waals surface area contributed by atoms with E-state index in [0.29, 0.717) is 0 Å². The average molecular weight is 164 g/mol. The fraction of sp³-hybridized carbons (Fsp3) is 0.857. The molecule has 64 valence electrons. The van der Waals surface area contributed by atoms with Gasteiger partial charge in [-0.15, -0.1) is 0 Å². The third-order valence-corrected chi connectivity index (χ3v) is 2.56. The third-order valence-electron chi connectivity index (χ3n) is 2.56. The Balaban J connectivity index is 2.88. The zero-order valence-electron chi connectivity index (χ0n) is 6.40.